The smallest absolute Gasteiger partial charge is 0.0222 e. The third kappa shape index (κ3) is 14.6. The van der Waals surface area contributed by atoms with Crippen LogP contribution in [0, 0.1) is 0 Å². The van der Waals surface area contributed by atoms with Crippen LogP contribution in [0.25, 0.3) is 0 Å². The van der Waals surface area contributed by atoms with Crippen LogP contribution in [0.15, 0.2) is 0 Å². The van der Waals surface area contributed by atoms with Crippen LogP contribution >= 0.6 is 24.1 Å². The Balaban J connectivity index is 2.93. The molecule has 92 valence electrons. The summed E-state index contributed by atoms with van der Waals surface area (Å²) in [5.74, 6) is 2.16. The largest absolute Gasteiger partial charge is 0.309 e. The second-order valence-electron chi connectivity index (χ2n) is 4.03. The fourth-order valence-corrected chi connectivity index (χ4v) is 2.29. The Kier molecular flexibility index (Phi) is 11.5. The average molecular weight is 252 g/mol. The van der Waals surface area contributed by atoms with E-state index in [0.29, 0.717) is 0 Å². The summed E-state index contributed by atoms with van der Waals surface area (Å²) in [5, 5.41) is 0. The van der Waals surface area contributed by atoms with Gasteiger partial charge < -0.3 is 9.80 Å². The molecule has 0 saturated carbocycles. The standard InChI is InChI=1S/C10H24N2OS2/c1-11(2)7-5-9-14-13-15-10-6-8-12(3)4/h5-10H2,1-4H3. The maximum atomic E-state index is 5.39. The molecule has 0 aromatic rings. The van der Waals surface area contributed by atoms with Crippen LogP contribution in [0.2, 0.25) is 0 Å². The first-order chi connectivity index (χ1) is 7.13. The van der Waals surface area contributed by atoms with E-state index in [1.807, 2.05) is 0 Å². The minimum atomic E-state index is 1.08. The Morgan fingerprint density at radius 3 is 1.53 bits per heavy atom. The van der Waals surface area contributed by atoms with Gasteiger partial charge in [0.2, 0.25) is 0 Å². The van der Waals surface area contributed by atoms with E-state index in [-0.39, 0.29) is 0 Å². The molecular weight excluding hydrogens is 228 g/mol. The lowest BCUT2D eigenvalue weighted by Crippen LogP contribution is -2.13. The molecule has 0 aromatic carbocycles. The lowest BCUT2D eigenvalue weighted by molar-refractivity contribution is 0.409. The highest BCUT2D eigenvalue weighted by Crippen LogP contribution is 2.16. The molecule has 0 bridgehead atoms. The van der Waals surface area contributed by atoms with Crippen molar-refractivity contribution in [3.05, 3.63) is 0 Å². The highest BCUT2D eigenvalue weighted by atomic mass is 32.2. The zero-order valence-electron chi connectivity index (χ0n) is 10.4. The lowest BCUT2D eigenvalue weighted by atomic mass is 10.5. The molecule has 0 atom stereocenters. The molecule has 0 saturated heterocycles. The van der Waals surface area contributed by atoms with E-state index in [4.69, 9.17) is 3.63 Å². The van der Waals surface area contributed by atoms with E-state index in [0.717, 1.165) is 24.6 Å². The van der Waals surface area contributed by atoms with Crippen LogP contribution in [-0.4, -0.2) is 62.6 Å². The Hall–Kier alpha value is 0.580. The van der Waals surface area contributed by atoms with Gasteiger partial charge in [0.1, 0.15) is 0 Å². The first-order valence-electron chi connectivity index (χ1n) is 5.33. The molecule has 0 amide bonds. The predicted octanol–water partition coefficient (Wildman–Crippen LogP) is 2.20. The van der Waals surface area contributed by atoms with E-state index in [1.165, 1.54) is 12.8 Å². The zero-order chi connectivity index (χ0) is 11.5. The van der Waals surface area contributed by atoms with Gasteiger partial charge in [-0.1, -0.05) is 0 Å². The Morgan fingerprint density at radius 2 is 1.20 bits per heavy atom. The minimum absolute atomic E-state index is 1.08. The molecule has 5 heteroatoms. The van der Waals surface area contributed by atoms with Gasteiger partial charge in [-0.15, -0.1) is 0 Å². The molecule has 0 aliphatic heterocycles. The predicted molar refractivity (Wildman–Crippen MR) is 72.3 cm³/mol. The first kappa shape index (κ1) is 15.6. The highest BCUT2D eigenvalue weighted by Gasteiger charge is 1.95. The quantitative estimate of drug-likeness (QED) is 0.436. The molecule has 0 fully saturated rings. The molecule has 0 radical (unpaired) electrons. The van der Waals surface area contributed by atoms with Gasteiger partial charge in [0.25, 0.3) is 0 Å². The molecule has 0 unspecified atom stereocenters. The van der Waals surface area contributed by atoms with Crippen molar-refractivity contribution in [2.45, 2.75) is 12.8 Å². The Labute approximate surface area is 103 Å². The van der Waals surface area contributed by atoms with Crippen LogP contribution in [0.1, 0.15) is 12.8 Å². The maximum absolute atomic E-state index is 5.39. The third-order valence-corrected chi connectivity index (χ3v) is 3.44. The van der Waals surface area contributed by atoms with Gasteiger partial charge in [-0.2, -0.15) is 0 Å². The van der Waals surface area contributed by atoms with Gasteiger partial charge in [0.15, 0.2) is 0 Å². The van der Waals surface area contributed by atoms with Gasteiger partial charge >= 0.3 is 0 Å². The third-order valence-electron chi connectivity index (χ3n) is 1.76. The van der Waals surface area contributed by atoms with Gasteiger partial charge in [0.05, 0.1) is 0 Å². The van der Waals surface area contributed by atoms with Gasteiger partial charge in [-0.25, -0.2) is 3.63 Å². The molecule has 0 N–H and O–H groups in total. The first-order valence-corrected chi connectivity index (χ1v) is 7.15. The normalized spacial score (nSPS) is 11.6. The van der Waals surface area contributed by atoms with Gasteiger partial charge in [0, 0.05) is 35.6 Å². The summed E-state index contributed by atoms with van der Waals surface area (Å²) < 4.78 is 5.39. The molecule has 3 nitrogen and oxygen atoms in total. The second-order valence-corrected chi connectivity index (χ2v) is 5.86. The molecule has 0 aromatic heterocycles. The average Bonchev–Trinajstić information content (AvgIpc) is 2.14. The van der Waals surface area contributed by atoms with Crippen molar-refractivity contribution in [1.29, 1.82) is 0 Å². The Bertz CT molecular complexity index is 121. The van der Waals surface area contributed by atoms with Crippen molar-refractivity contribution in [3.63, 3.8) is 0 Å². The summed E-state index contributed by atoms with van der Waals surface area (Å²) in [6, 6.07) is 0. The van der Waals surface area contributed by atoms with Crippen molar-refractivity contribution >= 4 is 24.1 Å². The summed E-state index contributed by atoms with van der Waals surface area (Å²) in [4.78, 5) is 4.40. The van der Waals surface area contributed by atoms with Crippen LogP contribution in [0.5, 0.6) is 0 Å². The molecule has 0 spiro atoms. The van der Waals surface area contributed by atoms with Crippen LogP contribution in [0.4, 0.5) is 0 Å². The van der Waals surface area contributed by atoms with Gasteiger partial charge in [-0.05, 0) is 54.1 Å². The monoisotopic (exact) mass is 252 g/mol. The fraction of sp³-hybridized carbons (Fsp3) is 1.00. The van der Waals surface area contributed by atoms with E-state index in [2.05, 4.69) is 38.0 Å². The number of nitrogens with zero attached hydrogens (tertiary/aromatic N) is 2. The fourth-order valence-electron chi connectivity index (χ4n) is 0.981. The lowest BCUT2D eigenvalue weighted by Gasteiger charge is -2.09. The summed E-state index contributed by atoms with van der Waals surface area (Å²) in [5.41, 5.74) is 0. The van der Waals surface area contributed by atoms with Crippen molar-refractivity contribution < 1.29 is 3.63 Å². The highest BCUT2D eigenvalue weighted by molar-refractivity contribution is 8.07. The summed E-state index contributed by atoms with van der Waals surface area (Å²) in [6.07, 6.45) is 2.38. The molecule has 0 aliphatic rings. The summed E-state index contributed by atoms with van der Waals surface area (Å²) in [6.45, 7) is 2.28. The zero-order valence-corrected chi connectivity index (χ0v) is 12.0. The van der Waals surface area contributed by atoms with Crippen LogP contribution in [0.3, 0.4) is 0 Å². The number of hydrogen-bond donors (Lipinski definition) is 0. The van der Waals surface area contributed by atoms with Crippen LogP contribution < -0.4 is 0 Å². The molecule has 0 rings (SSSR count). The molecule has 15 heavy (non-hydrogen) atoms. The maximum Gasteiger partial charge on any atom is 0.0222 e. The van der Waals surface area contributed by atoms with Crippen LogP contribution in [-0.2, 0) is 3.63 Å². The SMILES string of the molecule is CN(C)CCCSOSCCCN(C)C. The number of hydrogen-bond acceptors (Lipinski definition) is 5. The minimum Gasteiger partial charge on any atom is -0.309 e. The summed E-state index contributed by atoms with van der Waals surface area (Å²) in [7, 11) is 8.39. The molecule has 0 heterocycles. The molecule has 0 aliphatic carbocycles. The van der Waals surface area contributed by atoms with Crippen molar-refractivity contribution in [2.75, 3.05) is 52.8 Å². The van der Waals surface area contributed by atoms with E-state index >= 15 is 0 Å². The van der Waals surface area contributed by atoms with Crippen molar-refractivity contribution in [2.24, 2.45) is 0 Å². The Morgan fingerprint density at radius 1 is 0.800 bits per heavy atom. The second kappa shape index (κ2) is 11.1. The van der Waals surface area contributed by atoms with Gasteiger partial charge in [-0.3, -0.25) is 0 Å². The van der Waals surface area contributed by atoms with Crippen molar-refractivity contribution in [1.82, 2.24) is 9.80 Å². The number of rotatable bonds is 10. The van der Waals surface area contributed by atoms with E-state index in [9.17, 15) is 0 Å². The van der Waals surface area contributed by atoms with E-state index in [1.54, 1.807) is 24.1 Å². The topological polar surface area (TPSA) is 15.7 Å². The van der Waals surface area contributed by atoms with E-state index < -0.39 is 0 Å². The summed E-state index contributed by atoms with van der Waals surface area (Å²) >= 11 is 3.15. The van der Waals surface area contributed by atoms with Crippen molar-refractivity contribution in [3.8, 4) is 0 Å². The molecular formula is C10H24N2OS2.